The van der Waals surface area contributed by atoms with Gasteiger partial charge in [-0.05, 0) is 25.0 Å². The van der Waals surface area contributed by atoms with Crippen LogP contribution in [-0.2, 0) is 6.42 Å². The van der Waals surface area contributed by atoms with Gasteiger partial charge in [0.2, 0.25) is 0 Å². The summed E-state index contributed by atoms with van der Waals surface area (Å²) in [4.78, 5) is 0. The van der Waals surface area contributed by atoms with Crippen LogP contribution in [0, 0.1) is 0 Å². The van der Waals surface area contributed by atoms with E-state index in [1.807, 2.05) is 31.2 Å². The molecule has 1 atom stereocenters. The van der Waals surface area contributed by atoms with Crippen molar-refractivity contribution in [3.63, 3.8) is 0 Å². The summed E-state index contributed by atoms with van der Waals surface area (Å²) >= 11 is 5.89. The highest BCUT2D eigenvalue weighted by Crippen LogP contribution is 2.19. The molecule has 0 fully saturated rings. The third-order valence-electron chi connectivity index (χ3n) is 1.69. The molecule has 0 saturated heterocycles. The van der Waals surface area contributed by atoms with E-state index in [-0.39, 0.29) is 5.38 Å². The van der Waals surface area contributed by atoms with Gasteiger partial charge < -0.3 is 4.74 Å². The molecule has 0 bridgehead atoms. The standard InChI is InChI=1S/C10H13ClO/c1-8(11)7-9-5-3-4-6-10(9)12-2/h3-6,8H,7H2,1-2H3. The molecule has 66 valence electrons. The normalized spacial score (nSPS) is 12.6. The Morgan fingerprint density at radius 1 is 1.42 bits per heavy atom. The van der Waals surface area contributed by atoms with Crippen LogP contribution in [0.1, 0.15) is 12.5 Å². The Bertz CT molecular complexity index is 245. The summed E-state index contributed by atoms with van der Waals surface area (Å²) in [5.74, 6) is 0.921. The summed E-state index contributed by atoms with van der Waals surface area (Å²) < 4.78 is 5.19. The number of rotatable bonds is 3. The average molecular weight is 185 g/mol. The fourth-order valence-electron chi connectivity index (χ4n) is 1.17. The molecule has 0 N–H and O–H groups in total. The fourth-order valence-corrected chi connectivity index (χ4v) is 1.34. The maximum atomic E-state index is 5.89. The molecule has 0 amide bonds. The first-order valence-corrected chi connectivity index (χ1v) is 4.43. The maximum absolute atomic E-state index is 5.89. The monoisotopic (exact) mass is 184 g/mol. The molecule has 0 aliphatic heterocycles. The van der Waals surface area contributed by atoms with Crippen molar-refractivity contribution in [2.75, 3.05) is 7.11 Å². The third kappa shape index (κ3) is 2.42. The largest absolute Gasteiger partial charge is 0.496 e. The number of halogens is 1. The van der Waals surface area contributed by atoms with E-state index in [0.29, 0.717) is 0 Å². The summed E-state index contributed by atoms with van der Waals surface area (Å²) in [5.41, 5.74) is 1.17. The molecule has 0 aliphatic carbocycles. The molecule has 0 aliphatic rings. The van der Waals surface area contributed by atoms with Crippen LogP contribution in [0.25, 0.3) is 0 Å². The predicted molar refractivity (Wildman–Crippen MR) is 52.0 cm³/mol. The summed E-state index contributed by atoms with van der Waals surface area (Å²) in [5, 5.41) is 0.154. The summed E-state index contributed by atoms with van der Waals surface area (Å²) in [6.07, 6.45) is 0.853. The van der Waals surface area contributed by atoms with Gasteiger partial charge >= 0.3 is 0 Å². The van der Waals surface area contributed by atoms with E-state index >= 15 is 0 Å². The van der Waals surface area contributed by atoms with Crippen LogP contribution < -0.4 is 4.74 Å². The molecule has 0 aromatic heterocycles. The van der Waals surface area contributed by atoms with Crippen LogP contribution in [0.3, 0.4) is 0 Å². The fraction of sp³-hybridized carbons (Fsp3) is 0.400. The van der Waals surface area contributed by atoms with Gasteiger partial charge in [-0.15, -0.1) is 11.6 Å². The van der Waals surface area contributed by atoms with Gasteiger partial charge in [0.25, 0.3) is 0 Å². The van der Waals surface area contributed by atoms with Crippen LogP contribution in [0.2, 0.25) is 0 Å². The number of ether oxygens (including phenoxy) is 1. The Labute approximate surface area is 78.3 Å². The number of alkyl halides is 1. The molecule has 1 rings (SSSR count). The number of para-hydroxylation sites is 1. The van der Waals surface area contributed by atoms with Gasteiger partial charge in [-0.2, -0.15) is 0 Å². The first-order chi connectivity index (χ1) is 5.74. The zero-order valence-electron chi connectivity index (χ0n) is 7.38. The van der Waals surface area contributed by atoms with Crippen LogP contribution >= 0.6 is 11.6 Å². The highest BCUT2D eigenvalue weighted by Gasteiger charge is 2.04. The van der Waals surface area contributed by atoms with Crippen molar-refractivity contribution < 1.29 is 4.74 Å². The van der Waals surface area contributed by atoms with E-state index in [1.54, 1.807) is 7.11 Å². The van der Waals surface area contributed by atoms with E-state index in [2.05, 4.69) is 0 Å². The van der Waals surface area contributed by atoms with Crippen molar-refractivity contribution in [2.45, 2.75) is 18.7 Å². The maximum Gasteiger partial charge on any atom is 0.122 e. The second kappa shape index (κ2) is 4.36. The molecular formula is C10H13ClO. The first-order valence-electron chi connectivity index (χ1n) is 4.00. The zero-order chi connectivity index (χ0) is 8.97. The number of benzene rings is 1. The van der Waals surface area contributed by atoms with Crippen LogP contribution in [0.5, 0.6) is 5.75 Å². The van der Waals surface area contributed by atoms with Crippen LogP contribution in [-0.4, -0.2) is 12.5 Å². The van der Waals surface area contributed by atoms with Gasteiger partial charge in [0.15, 0.2) is 0 Å². The Hall–Kier alpha value is -0.690. The topological polar surface area (TPSA) is 9.23 Å². The quantitative estimate of drug-likeness (QED) is 0.657. The van der Waals surface area contributed by atoms with E-state index in [4.69, 9.17) is 16.3 Å². The van der Waals surface area contributed by atoms with Gasteiger partial charge in [0.05, 0.1) is 7.11 Å². The number of hydrogen-bond donors (Lipinski definition) is 0. The van der Waals surface area contributed by atoms with Crippen molar-refractivity contribution in [3.05, 3.63) is 29.8 Å². The lowest BCUT2D eigenvalue weighted by molar-refractivity contribution is 0.409. The molecule has 12 heavy (non-hydrogen) atoms. The predicted octanol–water partition coefficient (Wildman–Crippen LogP) is 2.87. The van der Waals surface area contributed by atoms with Crippen molar-refractivity contribution in [3.8, 4) is 5.75 Å². The van der Waals surface area contributed by atoms with Crippen molar-refractivity contribution in [2.24, 2.45) is 0 Å². The molecule has 1 aromatic rings. The zero-order valence-corrected chi connectivity index (χ0v) is 8.14. The van der Waals surface area contributed by atoms with Crippen molar-refractivity contribution in [1.82, 2.24) is 0 Å². The van der Waals surface area contributed by atoms with Crippen LogP contribution in [0.15, 0.2) is 24.3 Å². The minimum absolute atomic E-state index is 0.154. The summed E-state index contributed by atoms with van der Waals surface area (Å²) in [6, 6.07) is 7.95. The molecule has 0 heterocycles. The van der Waals surface area contributed by atoms with Crippen molar-refractivity contribution in [1.29, 1.82) is 0 Å². The van der Waals surface area contributed by atoms with Gasteiger partial charge in [-0.25, -0.2) is 0 Å². The highest BCUT2D eigenvalue weighted by atomic mass is 35.5. The number of hydrogen-bond acceptors (Lipinski definition) is 1. The average Bonchev–Trinajstić information content (AvgIpc) is 2.04. The summed E-state index contributed by atoms with van der Waals surface area (Å²) in [7, 11) is 1.68. The van der Waals surface area contributed by atoms with Gasteiger partial charge in [-0.3, -0.25) is 0 Å². The molecule has 0 radical (unpaired) electrons. The summed E-state index contributed by atoms with van der Waals surface area (Å²) in [6.45, 7) is 1.98. The lowest BCUT2D eigenvalue weighted by Gasteiger charge is -2.08. The van der Waals surface area contributed by atoms with E-state index < -0.39 is 0 Å². The Morgan fingerprint density at radius 2 is 2.08 bits per heavy atom. The first kappa shape index (κ1) is 9.40. The van der Waals surface area contributed by atoms with Crippen molar-refractivity contribution >= 4 is 11.6 Å². The Kier molecular flexibility index (Phi) is 3.42. The van der Waals surface area contributed by atoms with E-state index in [1.165, 1.54) is 5.56 Å². The molecule has 0 spiro atoms. The van der Waals surface area contributed by atoms with Gasteiger partial charge in [0, 0.05) is 5.38 Å². The minimum Gasteiger partial charge on any atom is -0.496 e. The van der Waals surface area contributed by atoms with E-state index in [9.17, 15) is 0 Å². The van der Waals surface area contributed by atoms with Gasteiger partial charge in [0.1, 0.15) is 5.75 Å². The Balaban J connectivity index is 2.82. The molecular weight excluding hydrogens is 172 g/mol. The Morgan fingerprint density at radius 3 is 2.67 bits per heavy atom. The second-order valence-corrected chi connectivity index (χ2v) is 3.54. The molecule has 1 aromatic carbocycles. The van der Waals surface area contributed by atoms with Gasteiger partial charge in [-0.1, -0.05) is 18.2 Å². The lowest BCUT2D eigenvalue weighted by Crippen LogP contribution is -1.99. The SMILES string of the molecule is COc1ccccc1CC(C)Cl. The molecule has 1 unspecified atom stereocenters. The minimum atomic E-state index is 0.154. The second-order valence-electron chi connectivity index (χ2n) is 2.80. The lowest BCUT2D eigenvalue weighted by atomic mass is 10.1. The molecule has 0 saturated carbocycles. The molecule has 1 nitrogen and oxygen atoms in total. The van der Waals surface area contributed by atoms with Crippen LogP contribution in [0.4, 0.5) is 0 Å². The molecule has 2 heteroatoms. The van der Waals surface area contributed by atoms with E-state index in [0.717, 1.165) is 12.2 Å². The number of methoxy groups -OCH3 is 1. The highest BCUT2D eigenvalue weighted by molar-refractivity contribution is 6.20. The smallest absolute Gasteiger partial charge is 0.122 e. The third-order valence-corrected chi connectivity index (χ3v) is 1.85.